The van der Waals surface area contributed by atoms with Crippen molar-refractivity contribution in [3.8, 4) is 11.4 Å². The summed E-state index contributed by atoms with van der Waals surface area (Å²) in [4.78, 5) is 40.5. The van der Waals surface area contributed by atoms with Crippen LogP contribution in [0.15, 0.2) is 96.3 Å². The molecule has 3 aromatic heterocycles. The Kier molecular flexibility index (Phi) is 9.14. The van der Waals surface area contributed by atoms with Gasteiger partial charge in [0, 0.05) is 55.4 Å². The number of nitrogens with one attached hydrogen (secondary N) is 1. The molecule has 0 saturated carbocycles. The molecular weight excluding hydrogens is 703 g/mol. The molecule has 53 heavy (non-hydrogen) atoms. The lowest BCUT2D eigenvalue weighted by molar-refractivity contribution is -0.0246. The Hall–Kier alpha value is -5.64. The molecule has 1 unspecified atom stereocenters. The number of imidazole rings is 1. The number of aromatic nitrogens is 4. The molecule has 1 saturated heterocycles. The summed E-state index contributed by atoms with van der Waals surface area (Å²) in [6.07, 6.45) is 5.93. The molecule has 2 aliphatic rings. The van der Waals surface area contributed by atoms with Crippen LogP contribution in [-0.2, 0) is 12.1 Å². The number of anilines is 3. The Labute approximate surface area is 306 Å². The summed E-state index contributed by atoms with van der Waals surface area (Å²) < 4.78 is 37.8. The van der Waals surface area contributed by atoms with Crippen molar-refractivity contribution in [3.05, 3.63) is 124 Å². The van der Waals surface area contributed by atoms with Crippen LogP contribution in [0.4, 0.5) is 26.0 Å². The van der Waals surface area contributed by atoms with E-state index in [4.69, 9.17) is 10.5 Å². The second-order valence-corrected chi connectivity index (χ2v) is 14.4. The molecule has 15 heteroatoms. The maximum absolute atomic E-state index is 15.0. The Morgan fingerprint density at radius 2 is 1.83 bits per heavy atom. The summed E-state index contributed by atoms with van der Waals surface area (Å²) >= 11 is 1.15. The Balaban J connectivity index is 0.993. The van der Waals surface area contributed by atoms with Crippen LogP contribution in [0.5, 0.6) is 5.75 Å². The highest BCUT2D eigenvalue weighted by Gasteiger charge is 2.36. The first-order valence-electron chi connectivity index (χ1n) is 17.2. The molecule has 3 aromatic carbocycles. The SMILES string of the molecule is Nc1nc2sc(C(=O)NC3CCN(CC(O)(Cn4ccnc4)c4ccc(F)cc4F)CC3)cc2n(-c2ccc3c(c2)N(c2ccccc2)CCO3)c1=O. The molecule has 4 N–H and O–H groups in total. The summed E-state index contributed by atoms with van der Waals surface area (Å²) in [5, 5.41) is 14.9. The van der Waals surface area contributed by atoms with Gasteiger partial charge in [-0.2, -0.15) is 0 Å². The number of benzene rings is 3. The van der Waals surface area contributed by atoms with E-state index in [1.807, 2.05) is 47.4 Å². The summed E-state index contributed by atoms with van der Waals surface area (Å²) in [5.41, 5.74) is 6.78. The van der Waals surface area contributed by atoms with Crippen LogP contribution in [0.25, 0.3) is 16.0 Å². The predicted octanol–water partition coefficient (Wildman–Crippen LogP) is 4.82. The smallest absolute Gasteiger partial charge is 0.298 e. The second kappa shape index (κ2) is 14.1. The van der Waals surface area contributed by atoms with Crippen molar-refractivity contribution in [1.82, 2.24) is 29.3 Å². The van der Waals surface area contributed by atoms with E-state index in [2.05, 4.69) is 20.2 Å². The highest BCUT2D eigenvalue weighted by atomic mass is 32.1. The van der Waals surface area contributed by atoms with Crippen LogP contribution in [0.1, 0.15) is 28.1 Å². The fourth-order valence-corrected chi connectivity index (χ4v) is 8.14. The lowest BCUT2D eigenvalue weighted by Gasteiger charge is -2.38. The number of piperidine rings is 1. The highest BCUT2D eigenvalue weighted by molar-refractivity contribution is 7.20. The summed E-state index contributed by atoms with van der Waals surface area (Å²) in [6.45, 7) is 2.29. The van der Waals surface area contributed by atoms with Crippen molar-refractivity contribution in [1.29, 1.82) is 0 Å². The van der Waals surface area contributed by atoms with Crippen LogP contribution in [-0.4, -0.2) is 73.8 Å². The molecule has 1 amide bonds. The number of likely N-dealkylation sites (tertiary alicyclic amines) is 1. The number of amides is 1. The van der Waals surface area contributed by atoms with Crippen LogP contribution >= 0.6 is 11.3 Å². The summed E-state index contributed by atoms with van der Waals surface area (Å²) in [5.74, 6) is -1.34. The molecule has 12 nitrogen and oxygen atoms in total. The van der Waals surface area contributed by atoms with Crippen molar-refractivity contribution in [2.75, 3.05) is 43.4 Å². The van der Waals surface area contributed by atoms with E-state index in [9.17, 15) is 23.5 Å². The third-order valence-corrected chi connectivity index (χ3v) is 10.8. The standard InChI is InChI=1S/C38H36F2N8O4S/c39-24-6-8-28(29(40)18-24)38(51,22-46-15-12-42-23-46)21-45-13-10-25(11-14-45)43-35(49)33-20-31-36(53-33)44-34(41)37(50)48(31)27-7-9-32-30(19-27)47(16-17-52-32)26-4-2-1-3-5-26/h1-9,12,15,18-20,23,25,51H,10-11,13-14,16-17,21-22H2,(H2,41,44)(H,43,49). The third-order valence-electron chi connectivity index (χ3n) is 9.78. The molecule has 0 spiro atoms. The molecule has 1 atom stereocenters. The minimum atomic E-state index is -1.67. The van der Waals surface area contributed by atoms with Gasteiger partial charge in [-0.15, -0.1) is 11.3 Å². The Morgan fingerprint density at radius 1 is 1.02 bits per heavy atom. The molecule has 1 fully saturated rings. The van der Waals surface area contributed by atoms with Crippen LogP contribution in [0.2, 0.25) is 0 Å². The average molecular weight is 739 g/mol. The van der Waals surface area contributed by atoms with E-state index >= 15 is 0 Å². The topological polar surface area (TPSA) is 144 Å². The number of fused-ring (bicyclic) bond motifs is 2. The number of β-amino-alcohol motifs (C(OH)–C–C–N with tert-alkyl or cyclic N) is 1. The van der Waals surface area contributed by atoms with Gasteiger partial charge in [-0.1, -0.05) is 24.3 Å². The first-order valence-corrected chi connectivity index (χ1v) is 18.1. The van der Waals surface area contributed by atoms with Gasteiger partial charge in [-0.25, -0.2) is 18.7 Å². The van der Waals surface area contributed by atoms with E-state index in [1.165, 1.54) is 17.0 Å². The molecule has 5 heterocycles. The number of carbonyl (C=O) groups is 1. The number of hydrogen-bond acceptors (Lipinski definition) is 10. The van der Waals surface area contributed by atoms with Crippen molar-refractivity contribution < 1.29 is 23.4 Å². The number of nitrogens with zero attached hydrogens (tertiary/aromatic N) is 6. The van der Waals surface area contributed by atoms with E-state index in [-0.39, 0.29) is 36.4 Å². The molecule has 0 bridgehead atoms. The van der Waals surface area contributed by atoms with Gasteiger partial charge in [0.05, 0.1) is 41.2 Å². The molecular formula is C38H36F2N8O4S. The number of carbonyl (C=O) groups excluding carboxylic acids is 1. The predicted molar refractivity (Wildman–Crippen MR) is 198 cm³/mol. The van der Waals surface area contributed by atoms with Gasteiger partial charge >= 0.3 is 0 Å². The molecule has 0 aliphatic carbocycles. The van der Waals surface area contributed by atoms with Crippen molar-refractivity contribution in [3.63, 3.8) is 0 Å². The number of nitrogen functional groups attached to an aromatic ring is 1. The van der Waals surface area contributed by atoms with Gasteiger partial charge < -0.3 is 30.4 Å². The molecule has 272 valence electrons. The van der Waals surface area contributed by atoms with E-state index in [0.29, 0.717) is 65.7 Å². The first-order chi connectivity index (χ1) is 25.6. The number of halogens is 2. The van der Waals surface area contributed by atoms with Crippen LogP contribution in [0, 0.1) is 11.6 Å². The van der Waals surface area contributed by atoms with E-state index < -0.39 is 22.8 Å². The van der Waals surface area contributed by atoms with Gasteiger partial charge in [0.2, 0.25) is 0 Å². The third kappa shape index (κ3) is 6.86. The average Bonchev–Trinajstić information content (AvgIpc) is 3.83. The molecule has 8 rings (SSSR count). The number of para-hydroxylation sites is 1. The maximum atomic E-state index is 15.0. The van der Waals surface area contributed by atoms with Gasteiger partial charge in [0.1, 0.15) is 34.4 Å². The van der Waals surface area contributed by atoms with Gasteiger partial charge in [-0.3, -0.25) is 19.1 Å². The van der Waals surface area contributed by atoms with Crippen molar-refractivity contribution in [2.45, 2.75) is 31.0 Å². The zero-order chi connectivity index (χ0) is 36.7. The lowest BCUT2D eigenvalue weighted by Crippen LogP contribution is -2.50. The summed E-state index contributed by atoms with van der Waals surface area (Å²) in [6, 6.07) is 20.1. The highest BCUT2D eigenvalue weighted by Crippen LogP contribution is 2.39. The molecule has 0 radical (unpaired) electrons. The largest absolute Gasteiger partial charge is 0.490 e. The second-order valence-electron chi connectivity index (χ2n) is 13.3. The molecule has 2 aliphatic heterocycles. The first kappa shape index (κ1) is 34.4. The number of hydrogen-bond donors (Lipinski definition) is 3. The number of rotatable bonds is 9. The fourth-order valence-electron chi connectivity index (χ4n) is 7.21. The fraction of sp³-hybridized carbons (Fsp3) is 0.263. The zero-order valence-corrected chi connectivity index (χ0v) is 29.3. The number of aliphatic hydroxyl groups is 1. The van der Waals surface area contributed by atoms with Crippen LogP contribution in [0.3, 0.4) is 0 Å². The minimum Gasteiger partial charge on any atom is -0.490 e. The minimum absolute atomic E-state index is 0.00208. The van der Waals surface area contributed by atoms with E-state index in [0.717, 1.165) is 34.8 Å². The monoisotopic (exact) mass is 738 g/mol. The Morgan fingerprint density at radius 3 is 2.58 bits per heavy atom. The van der Waals surface area contributed by atoms with Gasteiger partial charge in [-0.05, 0) is 55.3 Å². The lowest BCUT2D eigenvalue weighted by atomic mass is 9.91. The zero-order valence-electron chi connectivity index (χ0n) is 28.5. The Bertz CT molecular complexity index is 2340. The molecule has 6 aromatic rings. The van der Waals surface area contributed by atoms with Crippen LogP contribution < -0.4 is 26.2 Å². The normalized spacial score (nSPS) is 16.2. The number of thiophene rings is 1. The number of ether oxygens (including phenoxy) is 1. The summed E-state index contributed by atoms with van der Waals surface area (Å²) in [7, 11) is 0. The van der Waals surface area contributed by atoms with E-state index in [1.54, 1.807) is 29.1 Å². The quantitative estimate of drug-likeness (QED) is 0.190. The maximum Gasteiger partial charge on any atom is 0.298 e. The van der Waals surface area contributed by atoms with Crippen molar-refractivity contribution >= 4 is 44.8 Å². The van der Waals surface area contributed by atoms with Gasteiger partial charge in [0.15, 0.2) is 5.82 Å². The van der Waals surface area contributed by atoms with Crippen molar-refractivity contribution in [2.24, 2.45) is 0 Å². The number of nitrogens with two attached hydrogens (primary N) is 1. The van der Waals surface area contributed by atoms with Gasteiger partial charge in [0.25, 0.3) is 11.5 Å².